The highest BCUT2D eigenvalue weighted by atomic mass is 32.1. The Balaban J connectivity index is 1.85. The third kappa shape index (κ3) is 9.18. The van der Waals surface area contributed by atoms with E-state index < -0.39 is 48.4 Å². The molecule has 0 fully saturated rings. The minimum Gasteiger partial charge on any atom is -0.508 e. The number of phenols is 2. The van der Waals surface area contributed by atoms with Crippen LogP contribution in [0.2, 0.25) is 0 Å². The molecule has 0 spiro atoms. The van der Waals surface area contributed by atoms with Crippen molar-refractivity contribution in [1.82, 2.24) is 16.0 Å². The number of hydrogen-bond donors (Lipinski definition) is 8. The number of nitrogens with one attached hydrogen (secondary N) is 3. The van der Waals surface area contributed by atoms with E-state index in [9.17, 15) is 34.5 Å². The van der Waals surface area contributed by atoms with Gasteiger partial charge in [-0.15, -0.1) is 0 Å². The maximum absolute atomic E-state index is 12.5. The van der Waals surface area contributed by atoms with Gasteiger partial charge in [0.2, 0.25) is 17.7 Å². The van der Waals surface area contributed by atoms with Crippen molar-refractivity contribution in [1.29, 1.82) is 0 Å². The van der Waals surface area contributed by atoms with Gasteiger partial charge in [0.1, 0.15) is 23.6 Å². The van der Waals surface area contributed by atoms with Crippen molar-refractivity contribution >= 4 is 36.3 Å². The van der Waals surface area contributed by atoms with Crippen LogP contribution in [-0.4, -0.2) is 69.4 Å². The van der Waals surface area contributed by atoms with Crippen LogP contribution >= 0.6 is 12.6 Å². The number of carboxylic acid groups (broad SMARTS) is 1. The quantitative estimate of drug-likeness (QED) is 0.174. The maximum atomic E-state index is 12.5. The van der Waals surface area contributed by atoms with Crippen LogP contribution in [-0.2, 0) is 32.0 Å². The van der Waals surface area contributed by atoms with E-state index in [1.165, 1.54) is 36.4 Å². The smallest absolute Gasteiger partial charge is 0.326 e. The summed E-state index contributed by atoms with van der Waals surface area (Å²) < 4.78 is 0. The molecule has 0 aromatic heterocycles. The molecule has 3 atom stereocenters. The lowest BCUT2D eigenvalue weighted by molar-refractivity contribution is -0.142. The highest BCUT2D eigenvalue weighted by Gasteiger charge is 2.26. The lowest BCUT2D eigenvalue weighted by atomic mass is 10.1. The van der Waals surface area contributed by atoms with E-state index in [-0.39, 0.29) is 30.1 Å². The van der Waals surface area contributed by atoms with Gasteiger partial charge in [0.05, 0.1) is 12.6 Å². The Morgan fingerprint density at radius 2 is 1.31 bits per heavy atom. The summed E-state index contributed by atoms with van der Waals surface area (Å²) in [6, 6.07) is 8.69. The van der Waals surface area contributed by atoms with Crippen LogP contribution in [0.15, 0.2) is 48.5 Å². The topological polar surface area (TPSA) is 191 Å². The summed E-state index contributed by atoms with van der Waals surface area (Å²) in [7, 11) is 0. The molecule has 0 saturated carbocycles. The largest absolute Gasteiger partial charge is 0.508 e. The summed E-state index contributed by atoms with van der Waals surface area (Å²) in [4.78, 5) is 48.5. The minimum atomic E-state index is -1.27. The lowest BCUT2D eigenvalue weighted by Crippen LogP contribution is -2.55. The molecular weight excluding hydrogens is 476 g/mol. The zero-order valence-electron chi connectivity index (χ0n) is 18.7. The first kappa shape index (κ1) is 27.5. The van der Waals surface area contributed by atoms with Crippen LogP contribution in [0.25, 0.3) is 0 Å². The van der Waals surface area contributed by atoms with E-state index in [1.807, 2.05) is 0 Å². The number of carboxylic acids is 1. The number of rotatable bonds is 12. The fourth-order valence-corrected chi connectivity index (χ4v) is 3.31. The molecule has 2 aromatic rings. The second-order valence-corrected chi connectivity index (χ2v) is 8.13. The molecule has 0 aliphatic carbocycles. The average Bonchev–Trinajstić information content (AvgIpc) is 2.83. The van der Waals surface area contributed by atoms with Gasteiger partial charge in [-0.2, -0.15) is 12.6 Å². The van der Waals surface area contributed by atoms with Crippen LogP contribution in [0.5, 0.6) is 11.5 Å². The molecule has 2 aromatic carbocycles. The Hall–Kier alpha value is -3.77. The van der Waals surface area contributed by atoms with Crippen molar-refractivity contribution in [2.45, 2.75) is 31.0 Å². The van der Waals surface area contributed by atoms with Gasteiger partial charge in [-0.1, -0.05) is 24.3 Å². The summed E-state index contributed by atoms with van der Waals surface area (Å²) in [5.74, 6) is -3.30. The van der Waals surface area contributed by atoms with Gasteiger partial charge in [-0.25, -0.2) is 4.79 Å². The molecule has 11 nitrogen and oxygen atoms in total. The van der Waals surface area contributed by atoms with Crippen molar-refractivity contribution in [3.05, 3.63) is 59.7 Å². The molecule has 2 rings (SSSR count). The van der Waals surface area contributed by atoms with E-state index in [0.717, 1.165) is 5.56 Å². The summed E-state index contributed by atoms with van der Waals surface area (Å²) >= 11 is 4.04. The SMILES string of the molecule is NC(Cc1ccc(O)cc1)C(=O)NCC(=O)NC(CS)C(=O)NC(Cc1ccc(O)cc1)C(=O)O. The standard InChI is InChI=1S/C23H28N4O7S/c24-17(9-13-1-5-15(28)6-2-13)21(31)25-11-20(30)26-19(12-35)22(32)27-18(23(33)34)10-14-3-7-16(29)8-4-14/h1-8,17-19,28-29,35H,9-12,24H2,(H,25,31)(H,26,30)(H,27,32)(H,33,34). The van der Waals surface area contributed by atoms with Crippen LogP contribution < -0.4 is 21.7 Å². The van der Waals surface area contributed by atoms with E-state index in [1.54, 1.807) is 12.1 Å². The Labute approximate surface area is 207 Å². The van der Waals surface area contributed by atoms with Crippen LogP contribution in [0.3, 0.4) is 0 Å². The number of amides is 3. The molecule has 0 heterocycles. The van der Waals surface area contributed by atoms with Crippen molar-refractivity contribution in [3.63, 3.8) is 0 Å². The third-order valence-electron chi connectivity index (χ3n) is 4.98. The molecule has 0 radical (unpaired) electrons. The van der Waals surface area contributed by atoms with Gasteiger partial charge in [-0.3, -0.25) is 14.4 Å². The number of nitrogens with two attached hydrogens (primary N) is 1. The Bertz CT molecular complexity index is 1030. The monoisotopic (exact) mass is 504 g/mol. The van der Waals surface area contributed by atoms with Crippen LogP contribution in [0, 0.1) is 0 Å². The van der Waals surface area contributed by atoms with Gasteiger partial charge >= 0.3 is 5.97 Å². The summed E-state index contributed by atoms with van der Waals surface area (Å²) in [5.41, 5.74) is 7.15. The van der Waals surface area contributed by atoms with Crippen LogP contribution in [0.1, 0.15) is 11.1 Å². The molecule has 0 saturated heterocycles. The van der Waals surface area contributed by atoms with E-state index in [2.05, 4.69) is 28.6 Å². The van der Waals surface area contributed by atoms with Gasteiger partial charge in [0.15, 0.2) is 0 Å². The molecule has 188 valence electrons. The molecule has 35 heavy (non-hydrogen) atoms. The molecular formula is C23H28N4O7S. The van der Waals surface area contributed by atoms with Gasteiger partial charge in [0.25, 0.3) is 0 Å². The van der Waals surface area contributed by atoms with Gasteiger partial charge in [0, 0.05) is 12.2 Å². The highest BCUT2D eigenvalue weighted by molar-refractivity contribution is 7.80. The normalized spacial score (nSPS) is 13.2. The van der Waals surface area contributed by atoms with Crippen molar-refractivity contribution in [2.24, 2.45) is 5.73 Å². The summed E-state index contributed by atoms with van der Waals surface area (Å²) in [6.07, 6.45) is 0.149. The van der Waals surface area contributed by atoms with Crippen molar-refractivity contribution < 1.29 is 34.5 Å². The van der Waals surface area contributed by atoms with E-state index >= 15 is 0 Å². The number of thiol groups is 1. The first-order valence-electron chi connectivity index (χ1n) is 10.6. The fraction of sp³-hybridized carbons (Fsp3) is 0.304. The zero-order valence-corrected chi connectivity index (χ0v) is 19.6. The minimum absolute atomic E-state index is 0.0240. The van der Waals surface area contributed by atoms with Gasteiger partial charge in [-0.05, 0) is 41.8 Å². The molecule has 0 aliphatic rings. The maximum Gasteiger partial charge on any atom is 0.326 e. The number of hydrogen-bond acceptors (Lipinski definition) is 8. The second kappa shape index (κ2) is 13.2. The summed E-state index contributed by atoms with van der Waals surface area (Å²) in [5, 5.41) is 35.2. The second-order valence-electron chi connectivity index (χ2n) is 7.77. The Morgan fingerprint density at radius 3 is 1.80 bits per heavy atom. The molecule has 12 heteroatoms. The highest BCUT2D eigenvalue weighted by Crippen LogP contribution is 2.12. The predicted octanol–water partition coefficient (Wildman–Crippen LogP) is -0.689. The van der Waals surface area contributed by atoms with E-state index in [4.69, 9.17) is 5.73 Å². The van der Waals surface area contributed by atoms with Crippen molar-refractivity contribution in [3.8, 4) is 11.5 Å². The van der Waals surface area contributed by atoms with E-state index in [0.29, 0.717) is 5.56 Å². The van der Waals surface area contributed by atoms with Gasteiger partial charge < -0.3 is 37.0 Å². The molecule has 3 unspecified atom stereocenters. The average molecular weight is 505 g/mol. The third-order valence-corrected chi connectivity index (χ3v) is 5.34. The zero-order chi connectivity index (χ0) is 26.0. The number of aliphatic carboxylic acids is 1. The summed E-state index contributed by atoms with van der Waals surface area (Å²) in [6.45, 7) is -0.449. The first-order chi connectivity index (χ1) is 16.6. The van der Waals surface area contributed by atoms with Crippen molar-refractivity contribution in [2.75, 3.05) is 12.3 Å². The molecule has 0 aliphatic heterocycles. The Morgan fingerprint density at radius 1 is 0.800 bits per heavy atom. The first-order valence-corrected chi connectivity index (χ1v) is 11.2. The number of phenolic OH excluding ortho intramolecular Hbond substituents is 2. The predicted molar refractivity (Wildman–Crippen MR) is 130 cm³/mol. The molecule has 0 bridgehead atoms. The number of carbonyl (C=O) groups is 4. The van der Waals surface area contributed by atoms with Crippen LogP contribution in [0.4, 0.5) is 0 Å². The fourth-order valence-electron chi connectivity index (χ4n) is 3.06. The number of aromatic hydroxyl groups is 2. The number of carbonyl (C=O) groups excluding carboxylic acids is 3. The number of benzene rings is 2. The lowest BCUT2D eigenvalue weighted by Gasteiger charge is -2.20. The molecule has 8 N–H and O–H groups in total. The molecule has 3 amide bonds. The Kier molecular flexibility index (Phi) is 10.4.